The Bertz CT molecular complexity index is 843. The summed E-state index contributed by atoms with van der Waals surface area (Å²) in [5.41, 5.74) is 0.109. The summed E-state index contributed by atoms with van der Waals surface area (Å²) in [6, 6.07) is 3.72. The van der Waals surface area contributed by atoms with Crippen LogP contribution in [-0.2, 0) is 17.8 Å². The molecule has 0 fully saturated rings. The van der Waals surface area contributed by atoms with Gasteiger partial charge in [-0.3, -0.25) is 14.0 Å². The highest BCUT2D eigenvalue weighted by molar-refractivity contribution is 7.16. The smallest absolute Gasteiger partial charge is 0.325 e. The molecule has 7 heteroatoms. The maximum absolute atomic E-state index is 12.2. The number of carboxylic acids is 1. The standard InChI is InChI=1S/C12H11N3O3S/c1-2-9-13-14(6-10(16)17)11(18)8-5-7-3-4-19-12(7)15(8)9/h3-5H,2,6H2,1H3,(H,16,17). The molecule has 0 amide bonds. The SMILES string of the molecule is CCc1nn(CC(=O)O)c(=O)c2cc3ccsc3n12. The van der Waals surface area contributed by atoms with Crippen LogP contribution in [0.4, 0.5) is 0 Å². The van der Waals surface area contributed by atoms with Gasteiger partial charge in [0.1, 0.15) is 22.7 Å². The summed E-state index contributed by atoms with van der Waals surface area (Å²) in [6.45, 7) is 1.51. The lowest BCUT2D eigenvalue weighted by molar-refractivity contribution is -0.138. The molecule has 0 unspecified atom stereocenters. The lowest BCUT2D eigenvalue weighted by Gasteiger charge is -2.07. The number of hydrogen-bond acceptors (Lipinski definition) is 4. The van der Waals surface area contributed by atoms with Crippen LogP contribution >= 0.6 is 11.3 Å². The van der Waals surface area contributed by atoms with E-state index in [-0.39, 0.29) is 5.56 Å². The zero-order chi connectivity index (χ0) is 13.6. The van der Waals surface area contributed by atoms with E-state index >= 15 is 0 Å². The summed E-state index contributed by atoms with van der Waals surface area (Å²) in [6.07, 6.45) is 0.623. The molecule has 6 nitrogen and oxygen atoms in total. The molecule has 1 N–H and O–H groups in total. The number of aryl methyl sites for hydroxylation is 1. The van der Waals surface area contributed by atoms with Crippen molar-refractivity contribution in [2.75, 3.05) is 0 Å². The van der Waals surface area contributed by atoms with Crippen molar-refractivity contribution in [3.8, 4) is 0 Å². The van der Waals surface area contributed by atoms with Gasteiger partial charge in [-0.2, -0.15) is 5.10 Å². The average Bonchev–Trinajstić information content (AvgIpc) is 2.92. The number of rotatable bonds is 3. The molecule has 0 spiro atoms. The molecule has 3 aromatic rings. The van der Waals surface area contributed by atoms with Crippen LogP contribution in [0, 0.1) is 0 Å². The molecule has 3 aromatic heterocycles. The van der Waals surface area contributed by atoms with E-state index in [9.17, 15) is 9.59 Å². The number of aliphatic carboxylic acids is 1. The van der Waals surface area contributed by atoms with Crippen LogP contribution in [0.2, 0.25) is 0 Å². The maximum Gasteiger partial charge on any atom is 0.325 e. The van der Waals surface area contributed by atoms with Crippen LogP contribution in [0.1, 0.15) is 12.7 Å². The Balaban J connectivity index is 2.42. The van der Waals surface area contributed by atoms with Gasteiger partial charge in [-0.1, -0.05) is 6.92 Å². The van der Waals surface area contributed by atoms with Crippen molar-refractivity contribution in [1.82, 2.24) is 14.2 Å². The molecule has 0 saturated carbocycles. The van der Waals surface area contributed by atoms with Gasteiger partial charge in [0.25, 0.3) is 5.56 Å². The van der Waals surface area contributed by atoms with Gasteiger partial charge in [-0.05, 0) is 17.5 Å². The molecule has 98 valence electrons. The molecule has 3 heterocycles. The molecule has 0 aliphatic carbocycles. The van der Waals surface area contributed by atoms with Crippen molar-refractivity contribution in [2.45, 2.75) is 19.9 Å². The van der Waals surface area contributed by atoms with E-state index in [4.69, 9.17) is 5.11 Å². The second-order valence-electron chi connectivity index (χ2n) is 4.17. The molecule has 0 radical (unpaired) electrons. The Kier molecular flexibility index (Phi) is 2.63. The van der Waals surface area contributed by atoms with Crippen molar-refractivity contribution >= 4 is 33.0 Å². The van der Waals surface area contributed by atoms with E-state index in [1.807, 2.05) is 22.8 Å². The number of thiophene rings is 1. The van der Waals surface area contributed by atoms with Crippen LogP contribution < -0.4 is 5.56 Å². The number of hydrogen-bond donors (Lipinski definition) is 1. The minimum atomic E-state index is -1.07. The molecule has 0 bridgehead atoms. The van der Waals surface area contributed by atoms with Gasteiger partial charge in [-0.15, -0.1) is 11.3 Å². The Morgan fingerprint density at radius 1 is 1.53 bits per heavy atom. The molecule has 0 atom stereocenters. The first-order valence-electron chi connectivity index (χ1n) is 5.82. The van der Waals surface area contributed by atoms with E-state index in [2.05, 4.69) is 5.10 Å². The van der Waals surface area contributed by atoms with Crippen molar-refractivity contribution in [2.24, 2.45) is 0 Å². The van der Waals surface area contributed by atoms with Crippen molar-refractivity contribution < 1.29 is 9.90 Å². The van der Waals surface area contributed by atoms with Crippen LogP contribution in [0.5, 0.6) is 0 Å². The summed E-state index contributed by atoms with van der Waals surface area (Å²) in [7, 11) is 0. The third-order valence-corrected chi connectivity index (χ3v) is 3.87. The number of aromatic nitrogens is 3. The fourth-order valence-electron chi connectivity index (χ4n) is 2.16. The summed E-state index contributed by atoms with van der Waals surface area (Å²) in [4.78, 5) is 24.0. The zero-order valence-corrected chi connectivity index (χ0v) is 11.0. The van der Waals surface area contributed by atoms with E-state index in [1.54, 1.807) is 6.07 Å². The third-order valence-electron chi connectivity index (χ3n) is 2.96. The van der Waals surface area contributed by atoms with Crippen molar-refractivity contribution in [3.05, 3.63) is 33.7 Å². The number of fused-ring (bicyclic) bond motifs is 3. The van der Waals surface area contributed by atoms with Gasteiger partial charge >= 0.3 is 5.97 Å². The van der Waals surface area contributed by atoms with Gasteiger partial charge in [0.15, 0.2) is 0 Å². The lowest BCUT2D eigenvalue weighted by Crippen LogP contribution is -2.29. The first kappa shape index (κ1) is 11.9. The largest absolute Gasteiger partial charge is 0.480 e. The average molecular weight is 277 g/mol. The Morgan fingerprint density at radius 2 is 2.32 bits per heavy atom. The van der Waals surface area contributed by atoms with E-state index < -0.39 is 12.5 Å². The molecular formula is C12H11N3O3S. The maximum atomic E-state index is 12.2. The molecule has 0 aliphatic heterocycles. The van der Waals surface area contributed by atoms with Crippen LogP contribution in [0.25, 0.3) is 15.7 Å². The van der Waals surface area contributed by atoms with Gasteiger partial charge in [0.05, 0.1) is 0 Å². The molecule has 0 aromatic carbocycles. The number of nitrogens with zero attached hydrogens (tertiary/aromatic N) is 3. The number of carbonyl (C=O) groups is 1. The molecule has 0 saturated heterocycles. The highest BCUT2D eigenvalue weighted by Gasteiger charge is 2.15. The van der Waals surface area contributed by atoms with Gasteiger partial charge < -0.3 is 5.11 Å². The van der Waals surface area contributed by atoms with Crippen molar-refractivity contribution in [1.29, 1.82) is 0 Å². The second kappa shape index (κ2) is 4.20. The topological polar surface area (TPSA) is 76.6 Å². The zero-order valence-electron chi connectivity index (χ0n) is 10.2. The monoisotopic (exact) mass is 277 g/mol. The Labute approximate surface area is 111 Å². The van der Waals surface area contributed by atoms with Crippen molar-refractivity contribution in [3.63, 3.8) is 0 Å². The normalized spacial score (nSPS) is 11.4. The number of carboxylic acid groups (broad SMARTS) is 1. The summed E-state index contributed by atoms with van der Waals surface area (Å²) >= 11 is 1.54. The summed E-state index contributed by atoms with van der Waals surface area (Å²) in [5.74, 6) is -0.386. The van der Waals surface area contributed by atoms with Crippen LogP contribution in [-0.4, -0.2) is 25.3 Å². The fourth-order valence-corrected chi connectivity index (χ4v) is 3.08. The molecule has 0 aliphatic rings. The predicted molar refractivity (Wildman–Crippen MR) is 71.8 cm³/mol. The first-order chi connectivity index (χ1) is 9.11. The molecular weight excluding hydrogens is 266 g/mol. The quantitative estimate of drug-likeness (QED) is 0.784. The van der Waals surface area contributed by atoms with Gasteiger partial charge in [0, 0.05) is 11.8 Å². The summed E-state index contributed by atoms with van der Waals surface area (Å²) < 4.78 is 2.83. The molecule has 19 heavy (non-hydrogen) atoms. The minimum absolute atomic E-state index is 0.372. The highest BCUT2D eigenvalue weighted by atomic mass is 32.1. The third kappa shape index (κ3) is 1.74. The Morgan fingerprint density at radius 3 is 3.00 bits per heavy atom. The van der Waals surface area contributed by atoms with Crippen LogP contribution in [0.3, 0.4) is 0 Å². The minimum Gasteiger partial charge on any atom is -0.480 e. The van der Waals surface area contributed by atoms with E-state index in [1.165, 1.54) is 11.3 Å². The van der Waals surface area contributed by atoms with Crippen LogP contribution in [0.15, 0.2) is 22.3 Å². The molecule has 3 rings (SSSR count). The predicted octanol–water partition coefficient (Wildman–Crippen LogP) is 1.36. The first-order valence-corrected chi connectivity index (χ1v) is 6.70. The Hall–Kier alpha value is -2.15. The fraction of sp³-hybridized carbons (Fsp3) is 0.250. The second-order valence-corrected chi connectivity index (χ2v) is 5.07. The summed E-state index contributed by atoms with van der Waals surface area (Å²) in [5, 5.41) is 15.9. The van der Waals surface area contributed by atoms with E-state index in [0.717, 1.165) is 14.9 Å². The highest BCUT2D eigenvalue weighted by Crippen LogP contribution is 2.24. The lowest BCUT2D eigenvalue weighted by atomic mass is 10.4. The van der Waals surface area contributed by atoms with Gasteiger partial charge in [0.2, 0.25) is 0 Å². The van der Waals surface area contributed by atoms with Gasteiger partial charge in [-0.25, -0.2) is 4.68 Å². The van der Waals surface area contributed by atoms with E-state index in [0.29, 0.717) is 17.8 Å².